The Labute approximate surface area is 156 Å². The average molecular weight is 361 g/mol. The summed E-state index contributed by atoms with van der Waals surface area (Å²) in [6.45, 7) is 10.6. The van der Waals surface area contributed by atoms with Crippen LogP contribution in [0.3, 0.4) is 0 Å². The Hall–Kier alpha value is -1.95. The predicted octanol–water partition coefficient (Wildman–Crippen LogP) is 2.83. The number of anilines is 1. The van der Waals surface area contributed by atoms with Gasteiger partial charge in [-0.1, -0.05) is 12.1 Å². The van der Waals surface area contributed by atoms with E-state index in [0.717, 1.165) is 44.0 Å². The van der Waals surface area contributed by atoms with Gasteiger partial charge in [-0.2, -0.15) is 0 Å². The van der Waals surface area contributed by atoms with Crippen molar-refractivity contribution in [2.45, 2.75) is 38.9 Å². The minimum Gasteiger partial charge on any atom is -0.487 e. The molecule has 1 atom stereocenters. The molecule has 2 saturated heterocycles. The molecule has 0 N–H and O–H groups in total. The number of carbonyl (C=O) groups excluding carboxylic acids is 1. The minimum absolute atomic E-state index is 0.226. The van der Waals surface area contributed by atoms with E-state index in [1.807, 2.05) is 39.0 Å². The van der Waals surface area contributed by atoms with Crippen molar-refractivity contribution in [2.24, 2.45) is 0 Å². The van der Waals surface area contributed by atoms with Crippen LogP contribution in [-0.2, 0) is 4.74 Å². The molecule has 2 heterocycles. The number of ether oxygens (including phenoxy) is 2. The maximum Gasteiger partial charge on any atom is 0.410 e. The summed E-state index contributed by atoms with van der Waals surface area (Å²) in [5, 5.41) is 0. The maximum absolute atomic E-state index is 12.2. The Balaban J connectivity index is 1.60. The highest BCUT2D eigenvalue weighted by atomic mass is 16.6. The smallest absolute Gasteiger partial charge is 0.410 e. The van der Waals surface area contributed by atoms with Crippen molar-refractivity contribution < 1.29 is 14.3 Å². The zero-order valence-electron chi connectivity index (χ0n) is 16.4. The van der Waals surface area contributed by atoms with Crippen molar-refractivity contribution in [3.8, 4) is 5.75 Å². The van der Waals surface area contributed by atoms with Gasteiger partial charge in [0.1, 0.15) is 17.5 Å². The Bertz CT molecular complexity index is 621. The first kappa shape index (κ1) is 18.8. The van der Waals surface area contributed by atoms with E-state index in [2.05, 4.69) is 22.9 Å². The van der Waals surface area contributed by atoms with Gasteiger partial charge in [0.05, 0.1) is 5.69 Å². The molecule has 0 radical (unpaired) electrons. The monoisotopic (exact) mass is 361 g/mol. The number of piperazine rings is 1. The van der Waals surface area contributed by atoms with Crippen molar-refractivity contribution in [1.82, 2.24) is 9.80 Å². The Kier molecular flexibility index (Phi) is 5.61. The lowest BCUT2D eigenvalue weighted by Crippen LogP contribution is -2.50. The summed E-state index contributed by atoms with van der Waals surface area (Å²) in [4.78, 5) is 18.6. The van der Waals surface area contributed by atoms with Gasteiger partial charge in [-0.15, -0.1) is 0 Å². The summed E-state index contributed by atoms with van der Waals surface area (Å²) in [6.07, 6.45) is 1.09. The average Bonchev–Trinajstić information content (AvgIpc) is 2.99. The van der Waals surface area contributed by atoms with Gasteiger partial charge in [0, 0.05) is 39.3 Å². The molecule has 2 aliphatic rings. The fraction of sp³-hybridized carbons (Fsp3) is 0.650. The zero-order chi connectivity index (χ0) is 18.7. The van der Waals surface area contributed by atoms with Crippen LogP contribution in [0.25, 0.3) is 0 Å². The third-order valence-electron chi connectivity index (χ3n) is 4.78. The highest BCUT2D eigenvalue weighted by Gasteiger charge is 2.28. The van der Waals surface area contributed by atoms with Gasteiger partial charge in [-0.25, -0.2) is 4.79 Å². The first-order valence-electron chi connectivity index (χ1n) is 9.49. The summed E-state index contributed by atoms with van der Waals surface area (Å²) >= 11 is 0. The van der Waals surface area contributed by atoms with Crippen LogP contribution in [0.15, 0.2) is 24.3 Å². The van der Waals surface area contributed by atoms with Gasteiger partial charge >= 0.3 is 6.09 Å². The van der Waals surface area contributed by atoms with Gasteiger partial charge in [0.25, 0.3) is 0 Å². The molecule has 1 amide bonds. The molecule has 26 heavy (non-hydrogen) atoms. The largest absolute Gasteiger partial charge is 0.487 e. The normalized spacial score (nSPS) is 21.8. The van der Waals surface area contributed by atoms with Crippen molar-refractivity contribution >= 4 is 11.8 Å². The molecule has 0 aromatic heterocycles. The van der Waals surface area contributed by atoms with Crippen LogP contribution in [0.1, 0.15) is 27.2 Å². The van der Waals surface area contributed by atoms with Crippen LogP contribution in [0, 0.1) is 0 Å². The lowest BCUT2D eigenvalue weighted by atomic mass is 10.2. The predicted molar refractivity (Wildman–Crippen MR) is 103 cm³/mol. The second-order valence-electron chi connectivity index (χ2n) is 8.21. The number of benzene rings is 1. The molecule has 1 aromatic rings. The minimum atomic E-state index is -0.455. The fourth-order valence-electron chi connectivity index (χ4n) is 3.44. The van der Waals surface area contributed by atoms with Crippen LogP contribution in [-0.4, -0.2) is 73.9 Å². The summed E-state index contributed by atoms with van der Waals surface area (Å²) in [7, 11) is 2.13. The second-order valence-corrected chi connectivity index (χ2v) is 8.21. The van der Waals surface area contributed by atoms with Gasteiger partial charge in [-0.05, 0) is 46.4 Å². The topological polar surface area (TPSA) is 45.2 Å². The number of hydrogen-bond donors (Lipinski definition) is 0. The number of amides is 1. The van der Waals surface area contributed by atoms with Crippen LogP contribution in [0.5, 0.6) is 5.75 Å². The lowest BCUT2D eigenvalue weighted by molar-refractivity contribution is 0.0240. The molecule has 2 aliphatic heterocycles. The van der Waals surface area contributed by atoms with Crippen LogP contribution >= 0.6 is 0 Å². The van der Waals surface area contributed by atoms with Crippen molar-refractivity contribution in [2.75, 3.05) is 51.2 Å². The quantitative estimate of drug-likeness (QED) is 0.828. The molecule has 6 nitrogen and oxygen atoms in total. The summed E-state index contributed by atoms with van der Waals surface area (Å²) < 4.78 is 11.8. The Morgan fingerprint density at radius 1 is 1.08 bits per heavy atom. The highest BCUT2D eigenvalue weighted by Crippen LogP contribution is 2.31. The molecular weight excluding hydrogens is 330 g/mol. The summed E-state index contributed by atoms with van der Waals surface area (Å²) in [5.74, 6) is 0.943. The van der Waals surface area contributed by atoms with Crippen LogP contribution < -0.4 is 9.64 Å². The molecule has 3 rings (SSSR count). The van der Waals surface area contributed by atoms with Crippen molar-refractivity contribution in [3.63, 3.8) is 0 Å². The van der Waals surface area contributed by atoms with Gasteiger partial charge in [0.15, 0.2) is 0 Å². The lowest BCUT2D eigenvalue weighted by Gasteiger charge is -2.37. The Morgan fingerprint density at radius 3 is 2.38 bits per heavy atom. The fourth-order valence-corrected chi connectivity index (χ4v) is 3.44. The zero-order valence-corrected chi connectivity index (χ0v) is 16.4. The van der Waals surface area contributed by atoms with E-state index in [-0.39, 0.29) is 12.2 Å². The molecule has 144 valence electrons. The third kappa shape index (κ3) is 4.81. The van der Waals surface area contributed by atoms with E-state index in [0.29, 0.717) is 13.1 Å². The number of carbonyl (C=O) groups is 1. The highest BCUT2D eigenvalue weighted by molar-refractivity contribution is 5.69. The number of nitrogens with zero attached hydrogens (tertiary/aromatic N) is 3. The summed E-state index contributed by atoms with van der Waals surface area (Å²) in [6, 6.07) is 8.22. The molecule has 1 unspecified atom stereocenters. The number of likely N-dealkylation sites (N-methyl/N-ethyl adjacent to an activating group) is 1. The Morgan fingerprint density at radius 2 is 1.77 bits per heavy atom. The van der Waals surface area contributed by atoms with E-state index in [1.54, 1.807) is 4.90 Å². The van der Waals surface area contributed by atoms with E-state index in [4.69, 9.17) is 9.47 Å². The number of hydrogen-bond acceptors (Lipinski definition) is 5. The third-order valence-corrected chi connectivity index (χ3v) is 4.78. The molecule has 1 aromatic carbocycles. The van der Waals surface area contributed by atoms with Crippen LogP contribution in [0.2, 0.25) is 0 Å². The molecule has 0 spiro atoms. The van der Waals surface area contributed by atoms with E-state index >= 15 is 0 Å². The van der Waals surface area contributed by atoms with Gasteiger partial charge < -0.3 is 24.2 Å². The molecular formula is C20H31N3O3. The van der Waals surface area contributed by atoms with Gasteiger partial charge in [-0.3, -0.25) is 0 Å². The summed E-state index contributed by atoms with van der Waals surface area (Å²) in [5.41, 5.74) is 0.661. The number of para-hydroxylation sites is 2. The van der Waals surface area contributed by atoms with Gasteiger partial charge in [0.2, 0.25) is 0 Å². The van der Waals surface area contributed by atoms with Crippen LogP contribution in [0.4, 0.5) is 10.5 Å². The molecule has 0 aliphatic carbocycles. The van der Waals surface area contributed by atoms with Crippen molar-refractivity contribution in [1.29, 1.82) is 0 Å². The molecule has 0 bridgehead atoms. The number of likely N-dealkylation sites (tertiary alicyclic amines) is 1. The second kappa shape index (κ2) is 7.74. The maximum atomic E-state index is 12.2. The molecule has 6 heteroatoms. The van der Waals surface area contributed by atoms with E-state index in [1.165, 1.54) is 0 Å². The molecule has 2 fully saturated rings. The van der Waals surface area contributed by atoms with E-state index < -0.39 is 5.60 Å². The standard InChI is InChI=1S/C20H31N3O3/c1-20(2,3)26-19(24)23-13-11-22(12-14-23)17-7-5-6-8-18(17)25-16-9-10-21(4)15-16/h5-8,16H,9-15H2,1-4H3. The van der Waals surface area contributed by atoms with Crippen molar-refractivity contribution in [3.05, 3.63) is 24.3 Å². The SMILES string of the molecule is CN1CCC(Oc2ccccc2N2CCN(C(=O)OC(C)(C)C)CC2)C1. The first-order chi connectivity index (χ1) is 12.3. The van der Waals surface area contributed by atoms with E-state index in [9.17, 15) is 4.79 Å². The first-order valence-corrected chi connectivity index (χ1v) is 9.49. The molecule has 0 saturated carbocycles. The number of rotatable bonds is 3.